The van der Waals surface area contributed by atoms with Gasteiger partial charge in [0.25, 0.3) is 0 Å². The van der Waals surface area contributed by atoms with Crippen molar-refractivity contribution < 1.29 is 27.4 Å². The van der Waals surface area contributed by atoms with Gasteiger partial charge in [-0.05, 0) is 36.4 Å². The fourth-order valence-electron chi connectivity index (χ4n) is 2.88. The summed E-state index contributed by atoms with van der Waals surface area (Å²) in [6.07, 6.45) is 3.36. The highest BCUT2D eigenvalue weighted by Crippen LogP contribution is 2.30. The van der Waals surface area contributed by atoms with Crippen molar-refractivity contribution in [2.24, 2.45) is 0 Å². The lowest BCUT2D eigenvalue weighted by atomic mass is 10.3. The molecule has 0 radical (unpaired) electrons. The van der Waals surface area contributed by atoms with Crippen molar-refractivity contribution in [2.45, 2.75) is 4.90 Å². The molecular weight excluding hydrogens is 436 g/mol. The molecule has 2 aromatic carbocycles. The summed E-state index contributed by atoms with van der Waals surface area (Å²) < 4.78 is 39.7. The second-order valence-electron chi connectivity index (χ2n) is 6.67. The summed E-state index contributed by atoms with van der Waals surface area (Å²) in [5.41, 5.74) is 1.27. The van der Waals surface area contributed by atoms with E-state index >= 15 is 0 Å². The predicted molar refractivity (Wildman–Crippen MR) is 116 cm³/mol. The van der Waals surface area contributed by atoms with Gasteiger partial charge in [-0.25, -0.2) is 18.2 Å². The van der Waals surface area contributed by atoms with Gasteiger partial charge < -0.3 is 24.5 Å². The van der Waals surface area contributed by atoms with Crippen LogP contribution < -0.4 is 14.8 Å². The van der Waals surface area contributed by atoms with Crippen LogP contribution in [0.1, 0.15) is 0 Å². The molecule has 0 spiro atoms. The molecule has 32 heavy (non-hydrogen) atoms. The number of nitrogens with zero attached hydrogens (tertiary/aromatic N) is 2. The monoisotopic (exact) mass is 454 g/mol. The zero-order chi connectivity index (χ0) is 22.7. The largest absolute Gasteiger partial charge is 0.513 e. The third-order valence-corrected chi connectivity index (χ3v) is 5.41. The molecule has 0 atom stereocenters. The third kappa shape index (κ3) is 4.78. The van der Waals surface area contributed by atoms with Crippen molar-refractivity contribution in [1.82, 2.24) is 15.0 Å². The number of rotatable bonds is 6. The van der Waals surface area contributed by atoms with Crippen molar-refractivity contribution >= 4 is 38.7 Å². The molecule has 0 aliphatic rings. The van der Waals surface area contributed by atoms with Crippen LogP contribution in [0.25, 0.3) is 11.0 Å². The van der Waals surface area contributed by atoms with Gasteiger partial charge in [0.15, 0.2) is 9.84 Å². The molecule has 164 valence electrons. The minimum Gasteiger partial charge on any atom is -0.457 e. The Bertz CT molecular complexity index is 1370. The SMILES string of the molecule is COC(=O)Oc1cc(S(C)(=O)=O)c2nc(Nc3ccc(Oc4ccncc4)cc3)[nH]c2c1. The number of pyridine rings is 1. The van der Waals surface area contributed by atoms with Crippen LogP contribution in [-0.2, 0) is 14.6 Å². The molecule has 2 heterocycles. The van der Waals surface area contributed by atoms with E-state index in [4.69, 9.17) is 9.47 Å². The van der Waals surface area contributed by atoms with Crippen LogP contribution in [0.4, 0.5) is 16.4 Å². The maximum absolute atomic E-state index is 12.2. The van der Waals surface area contributed by atoms with E-state index in [1.807, 2.05) is 0 Å². The first kappa shape index (κ1) is 21.1. The molecule has 4 aromatic rings. The Labute approximate surface area is 183 Å². The number of ether oxygens (including phenoxy) is 3. The van der Waals surface area contributed by atoms with Gasteiger partial charge >= 0.3 is 6.16 Å². The van der Waals surface area contributed by atoms with Crippen LogP contribution in [-0.4, -0.2) is 42.9 Å². The average molecular weight is 454 g/mol. The summed E-state index contributed by atoms with van der Waals surface area (Å²) in [6, 6.07) is 13.3. The maximum atomic E-state index is 12.2. The number of nitrogens with one attached hydrogen (secondary N) is 2. The van der Waals surface area contributed by atoms with E-state index in [1.165, 1.54) is 12.1 Å². The Kier molecular flexibility index (Phi) is 5.65. The van der Waals surface area contributed by atoms with Crippen molar-refractivity contribution in [2.75, 3.05) is 18.7 Å². The number of aromatic nitrogens is 3. The van der Waals surface area contributed by atoms with Crippen LogP contribution in [0.15, 0.2) is 65.8 Å². The highest BCUT2D eigenvalue weighted by Gasteiger charge is 2.19. The summed E-state index contributed by atoms with van der Waals surface area (Å²) in [5, 5.41) is 3.08. The van der Waals surface area contributed by atoms with E-state index in [0.29, 0.717) is 28.7 Å². The summed E-state index contributed by atoms with van der Waals surface area (Å²) in [7, 11) is -2.50. The normalized spacial score (nSPS) is 11.2. The molecule has 10 nitrogen and oxygen atoms in total. The number of carbonyl (C=O) groups excluding carboxylic acids is 1. The number of carbonyl (C=O) groups is 1. The van der Waals surface area contributed by atoms with Crippen LogP contribution in [0, 0.1) is 0 Å². The number of anilines is 2. The number of benzene rings is 2. The number of imidazole rings is 1. The molecule has 0 bridgehead atoms. The highest BCUT2D eigenvalue weighted by molar-refractivity contribution is 7.91. The van der Waals surface area contributed by atoms with Gasteiger partial charge in [-0.2, -0.15) is 0 Å². The Balaban J connectivity index is 1.60. The van der Waals surface area contributed by atoms with Gasteiger partial charge in [0.1, 0.15) is 22.8 Å². The number of fused-ring (bicyclic) bond motifs is 1. The van der Waals surface area contributed by atoms with E-state index < -0.39 is 16.0 Å². The Morgan fingerprint density at radius 1 is 1.00 bits per heavy atom. The van der Waals surface area contributed by atoms with Gasteiger partial charge in [0.05, 0.1) is 17.5 Å². The molecule has 0 unspecified atom stereocenters. The van der Waals surface area contributed by atoms with Gasteiger partial charge in [-0.3, -0.25) is 4.98 Å². The second-order valence-corrected chi connectivity index (χ2v) is 8.65. The Hall–Kier alpha value is -4.12. The molecule has 0 aliphatic carbocycles. The van der Waals surface area contributed by atoms with Crippen LogP contribution in [0.2, 0.25) is 0 Å². The van der Waals surface area contributed by atoms with E-state index in [2.05, 4.69) is 25.0 Å². The summed E-state index contributed by atoms with van der Waals surface area (Å²) in [6.45, 7) is 0. The molecular formula is C21H18N4O6S. The van der Waals surface area contributed by atoms with E-state index in [1.54, 1.807) is 48.8 Å². The lowest BCUT2D eigenvalue weighted by molar-refractivity contribution is 0.121. The highest BCUT2D eigenvalue weighted by atomic mass is 32.2. The summed E-state index contributed by atoms with van der Waals surface area (Å²) in [5.74, 6) is 1.62. The molecule has 11 heteroatoms. The number of aromatic amines is 1. The summed E-state index contributed by atoms with van der Waals surface area (Å²) in [4.78, 5) is 22.6. The maximum Gasteiger partial charge on any atom is 0.513 e. The number of hydrogen-bond donors (Lipinski definition) is 2. The molecule has 0 amide bonds. The van der Waals surface area contributed by atoms with Crippen molar-refractivity contribution in [3.8, 4) is 17.2 Å². The molecule has 2 aromatic heterocycles. The number of sulfone groups is 1. The Morgan fingerprint density at radius 3 is 2.34 bits per heavy atom. The van der Waals surface area contributed by atoms with Crippen molar-refractivity contribution in [1.29, 1.82) is 0 Å². The quantitative estimate of drug-likeness (QED) is 0.327. The average Bonchev–Trinajstić information content (AvgIpc) is 3.16. The van der Waals surface area contributed by atoms with Gasteiger partial charge in [-0.15, -0.1) is 0 Å². The topological polar surface area (TPSA) is 132 Å². The zero-order valence-corrected chi connectivity index (χ0v) is 17.8. The van der Waals surface area contributed by atoms with E-state index in [9.17, 15) is 13.2 Å². The molecule has 0 saturated heterocycles. The first-order valence-corrected chi connectivity index (χ1v) is 11.2. The fourth-order valence-corrected chi connectivity index (χ4v) is 3.72. The lowest BCUT2D eigenvalue weighted by Crippen LogP contribution is -2.08. The predicted octanol–water partition coefficient (Wildman–Crippen LogP) is 4.04. The lowest BCUT2D eigenvalue weighted by Gasteiger charge is -2.07. The van der Waals surface area contributed by atoms with E-state index in [0.717, 1.165) is 13.4 Å². The molecule has 2 N–H and O–H groups in total. The molecule has 0 saturated carbocycles. The zero-order valence-electron chi connectivity index (χ0n) is 17.0. The van der Waals surface area contributed by atoms with Crippen molar-refractivity contribution in [3.05, 3.63) is 60.9 Å². The van der Waals surface area contributed by atoms with Crippen molar-refractivity contribution in [3.63, 3.8) is 0 Å². The standard InChI is InChI=1S/C21H18N4O6S/c1-29-21(26)31-16-11-17-19(18(12-16)32(2,27)28)25-20(24-17)23-13-3-5-14(6-4-13)30-15-7-9-22-10-8-15/h3-12H,1-2H3,(H2,23,24,25). The van der Waals surface area contributed by atoms with Crippen LogP contribution in [0.5, 0.6) is 17.2 Å². The van der Waals surface area contributed by atoms with Crippen LogP contribution >= 0.6 is 0 Å². The first-order valence-electron chi connectivity index (χ1n) is 9.26. The van der Waals surface area contributed by atoms with Gasteiger partial charge in [0.2, 0.25) is 5.95 Å². The van der Waals surface area contributed by atoms with Crippen LogP contribution in [0.3, 0.4) is 0 Å². The van der Waals surface area contributed by atoms with Gasteiger partial charge in [0, 0.05) is 36.5 Å². The molecule has 0 aliphatic heterocycles. The molecule has 4 rings (SSSR count). The number of methoxy groups -OCH3 is 1. The fraction of sp³-hybridized carbons (Fsp3) is 0.0952. The minimum absolute atomic E-state index is 0.0117. The van der Waals surface area contributed by atoms with Gasteiger partial charge in [-0.1, -0.05) is 0 Å². The third-order valence-electron chi connectivity index (χ3n) is 4.29. The number of hydrogen-bond acceptors (Lipinski definition) is 9. The molecule has 0 fully saturated rings. The van der Waals surface area contributed by atoms with E-state index in [-0.39, 0.29) is 16.2 Å². The minimum atomic E-state index is -3.65. The smallest absolute Gasteiger partial charge is 0.457 e. The number of H-pyrrole nitrogens is 1. The summed E-state index contributed by atoms with van der Waals surface area (Å²) >= 11 is 0. The first-order chi connectivity index (χ1) is 15.3. The Morgan fingerprint density at radius 2 is 1.69 bits per heavy atom. The second kappa shape index (κ2) is 8.55.